The summed E-state index contributed by atoms with van der Waals surface area (Å²) in [6.45, 7) is 1.98. The molecule has 0 aliphatic heterocycles. The Hall–Kier alpha value is -1.55. The number of nitrogens with two attached hydrogens (primary N) is 1. The maximum atomic E-state index is 10.7. The molecule has 0 radical (unpaired) electrons. The monoisotopic (exact) mass is 196 g/mol. The Morgan fingerprint density at radius 1 is 1.29 bits per heavy atom. The molecule has 0 fully saturated rings. The van der Waals surface area contributed by atoms with Crippen molar-refractivity contribution in [2.24, 2.45) is 5.73 Å². The topological polar surface area (TPSA) is 64.3 Å². The molecule has 0 aromatic heterocycles. The van der Waals surface area contributed by atoms with Crippen LogP contribution in [-0.4, -0.2) is 20.2 Å². The predicted octanol–water partition coefficient (Wildman–Crippen LogP) is 1.29. The molecule has 0 aliphatic rings. The minimum absolute atomic E-state index is 0.446. The Morgan fingerprint density at radius 3 is 2.21 bits per heavy atom. The van der Waals surface area contributed by atoms with Crippen LogP contribution in [0.5, 0.6) is 5.75 Å². The molecule has 4 heteroatoms. The lowest BCUT2D eigenvalue weighted by atomic mass is 10.2. The molecule has 0 heterocycles. The number of nitrogens with one attached hydrogen (secondary N) is 1. The van der Waals surface area contributed by atoms with Crippen LogP contribution in [-0.2, 0) is 0 Å². The molecule has 0 bridgehead atoms. The lowest BCUT2D eigenvalue weighted by Crippen LogP contribution is -2.21. The number of rotatable bonds is 1. The van der Waals surface area contributed by atoms with Gasteiger partial charge in [0.1, 0.15) is 5.75 Å². The fourth-order valence-electron chi connectivity index (χ4n) is 0.764. The van der Waals surface area contributed by atoms with Gasteiger partial charge in [-0.05, 0) is 26.1 Å². The van der Waals surface area contributed by atoms with Crippen molar-refractivity contribution in [3.63, 3.8) is 0 Å². The van der Waals surface area contributed by atoms with Crippen LogP contribution in [0.15, 0.2) is 24.3 Å². The summed E-state index contributed by atoms with van der Waals surface area (Å²) in [4.78, 5) is 10.7. The van der Waals surface area contributed by atoms with Gasteiger partial charge in [-0.2, -0.15) is 0 Å². The number of amides is 1. The van der Waals surface area contributed by atoms with E-state index < -0.39 is 6.09 Å². The van der Waals surface area contributed by atoms with E-state index in [-0.39, 0.29) is 0 Å². The van der Waals surface area contributed by atoms with Gasteiger partial charge >= 0.3 is 6.09 Å². The molecule has 14 heavy (non-hydrogen) atoms. The third-order valence-electron chi connectivity index (χ3n) is 1.44. The van der Waals surface area contributed by atoms with Gasteiger partial charge in [0, 0.05) is 7.05 Å². The second kappa shape index (κ2) is 6.91. The van der Waals surface area contributed by atoms with Crippen LogP contribution in [0.4, 0.5) is 4.79 Å². The molecule has 0 unspecified atom stereocenters. The largest absolute Gasteiger partial charge is 0.412 e. The number of aryl methyl sites for hydroxylation is 1. The number of hydrogen-bond acceptors (Lipinski definition) is 3. The third-order valence-corrected chi connectivity index (χ3v) is 1.44. The van der Waals surface area contributed by atoms with Gasteiger partial charge in [0.05, 0.1) is 0 Å². The zero-order valence-corrected chi connectivity index (χ0v) is 8.70. The summed E-state index contributed by atoms with van der Waals surface area (Å²) in [7, 11) is 3.02. The Bertz CT molecular complexity index is 270. The van der Waals surface area contributed by atoms with Crippen molar-refractivity contribution in [1.29, 1.82) is 0 Å². The SMILES string of the molecule is CN.CNC(=O)Oc1ccc(C)cc1. The Morgan fingerprint density at radius 2 is 1.79 bits per heavy atom. The zero-order chi connectivity index (χ0) is 11.0. The Labute approximate surface area is 84.1 Å². The first kappa shape index (κ1) is 12.4. The van der Waals surface area contributed by atoms with Crippen molar-refractivity contribution in [2.75, 3.05) is 14.1 Å². The quantitative estimate of drug-likeness (QED) is 0.711. The van der Waals surface area contributed by atoms with Crippen LogP contribution in [0.2, 0.25) is 0 Å². The van der Waals surface area contributed by atoms with Gasteiger partial charge in [0.15, 0.2) is 0 Å². The van der Waals surface area contributed by atoms with Crippen molar-refractivity contribution in [1.82, 2.24) is 5.32 Å². The molecule has 3 N–H and O–H groups in total. The summed E-state index contributed by atoms with van der Waals surface area (Å²) < 4.78 is 4.87. The first-order valence-electron chi connectivity index (χ1n) is 4.26. The van der Waals surface area contributed by atoms with Crippen molar-refractivity contribution in [3.8, 4) is 5.75 Å². The molecular weight excluding hydrogens is 180 g/mol. The molecule has 1 amide bonds. The van der Waals surface area contributed by atoms with E-state index in [2.05, 4.69) is 11.1 Å². The van der Waals surface area contributed by atoms with E-state index in [9.17, 15) is 4.79 Å². The molecule has 1 aromatic carbocycles. The third kappa shape index (κ3) is 4.47. The minimum Gasteiger partial charge on any atom is -0.410 e. The highest BCUT2D eigenvalue weighted by atomic mass is 16.5. The van der Waals surface area contributed by atoms with E-state index in [0.717, 1.165) is 5.56 Å². The van der Waals surface area contributed by atoms with E-state index in [1.807, 2.05) is 19.1 Å². The van der Waals surface area contributed by atoms with E-state index in [1.54, 1.807) is 12.1 Å². The van der Waals surface area contributed by atoms with Gasteiger partial charge in [-0.15, -0.1) is 0 Å². The van der Waals surface area contributed by atoms with Crippen molar-refractivity contribution >= 4 is 6.09 Å². The fraction of sp³-hybridized carbons (Fsp3) is 0.300. The van der Waals surface area contributed by atoms with Gasteiger partial charge in [-0.3, -0.25) is 0 Å². The van der Waals surface area contributed by atoms with E-state index in [4.69, 9.17) is 4.74 Å². The van der Waals surface area contributed by atoms with Crippen LogP contribution in [0.25, 0.3) is 0 Å². The molecule has 0 saturated heterocycles. The summed E-state index contributed by atoms with van der Waals surface area (Å²) in [5, 5.41) is 2.37. The lowest BCUT2D eigenvalue weighted by Gasteiger charge is -2.02. The first-order chi connectivity index (χ1) is 6.72. The van der Waals surface area contributed by atoms with Gasteiger partial charge in [0.25, 0.3) is 0 Å². The smallest absolute Gasteiger partial charge is 0.410 e. The molecule has 0 aliphatic carbocycles. The van der Waals surface area contributed by atoms with Crippen LogP contribution in [0.1, 0.15) is 5.56 Å². The highest BCUT2D eigenvalue weighted by Gasteiger charge is 1.98. The van der Waals surface area contributed by atoms with Crippen LogP contribution in [0, 0.1) is 6.92 Å². The van der Waals surface area contributed by atoms with E-state index in [0.29, 0.717) is 5.75 Å². The van der Waals surface area contributed by atoms with Gasteiger partial charge < -0.3 is 15.8 Å². The maximum Gasteiger partial charge on any atom is 0.412 e. The zero-order valence-electron chi connectivity index (χ0n) is 8.70. The number of carbonyl (C=O) groups excluding carboxylic acids is 1. The molecule has 0 saturated carbocycles. The van der Waals surface area contributed by atoms with Crippen molar-refractivity contribution < 1.29 is 9.53 Å². The average molecular weight is 196 g/mol. The highest BCUT2D eigenvalue weighted by molar-refractivity contribution is 5.69. The molecule has 0 atom stereocenters. The normalized spacial score (nSPS) is 8.29. The summed E-state index contributed by atoms with van der Waals surface area (Å²) >= 11 is 0. The number of carbonyl (C=O) groups is 1. The molecule has 1 rings (SSSR count). The maximum absolute atomic E-state index is 10.7. The van der Waals surface area contributed by atoms with Crippen LogP contribution >= 0.6 is 0 Å². The summed E-state index contributed by atoms with van der Waals surface area (Å²) in [6.07, 6.45) is -0.446. The van der Waals surface area contributed by atoms with Crippen molar-refractivity contribution in [2.45, 2.75) is 6.92 Å². The molecule has 4 nitrogen and oxygen atoms in total. The van der Waals surface area contributed by atoms with Crippen molar-refractivity contribution in [3.05, 3.63) is 29.8 Å². The minimum atomic E-state index is -0.446. The first-order valence-corrected chi connectivity index (χ1v) is 4.26. The number of benzene rings is 1. The van der Waals surface area contributed by atoms with Crippen LogP contribution < -0.4 is 15.8 Å². The number of hydrogen-bond donors (Lipinski definition) is 2. The summed E-state index contributed by atoms with van der Waals surface area (Å²) in [5.41, 5.74) is 5.64. The van der Waals surface area contributed by atoms with Crippen LogP contribution in [0.3, 0.4) is 0 Å². The predicted molar refractivity (Wildman–Crippen MR) is 56.4 cm³/mol. The molecule has 1 aromatic rings. The van der Waals surface area contributed by atoms with E-state index in [1.165, 1.54) is 14.1 Å². The molecule has 0 spiro atoms. The molecular formula is C10H16N2O2. The van der Waals surface area contributed by atoms with Gasteiger partial charge in [-0.1, -0.05) is 17.7 Å². The Balaban J connectivity index is 0.000000791. The lowest BCUT2D eigenvalue weighted by molar-refractivity contribution is 0.203. The Kier molecular flexibility index (Phi) is 6.15. The fourth-order valence-corrected chi connectivity index (χ4v) is 0.764. The van der Waals surface area contributed by atoms with E-state index >= 15 is 0 Å². The second-order valence-corrected chi connectivity index (χ2v) is 2.45. The van der Waals surface area contributed by atoms with Gasteiger partial charge in [0.2, 0.25) is 0 Å². The number of ether oxygens (including phenoxy) is 1. The summed E-state index contributed by atoms with van der Waals surface area (Å²) in [5.74, 6) is 0.556. The summed E-state index contributed by atoms with van der Waals surface area (Å²) in [6, 6.07) is 7.28. The molecule has 78 valence electrons. The van der Waals surface area contributed by atoms with Gasteiger partial charge in [-0.25, -0.2) is 4.79 Å². The second-order valence-electron chi connectivity index (χ2n) is 2.45. The average Bonchev–Trinajstić information content (AvgIpc) is 2.24. The highest BCUT2D eigenvalue weighted by Crippen LogP contribution is 2.10. The standard InChI is InChI=1S/C9H11NO2.CH5N/c1-7-3-5-8(6-4-7)12-9(11)10-2;1-2/h3-6H,1-2H3,(H,10,11);2H2,1H3.